The third-order valence-corrected chi connectivity index (χ3v) is 5.02. The number of aromatic nitrogens is 2. The minimum Gasteiger partial charge on any atom is -0.371 e. The second-order valence-electron chi connectivity index (χ2n) is 7.13. The number of nitrogens with one attached hydrogen (secondary N) is 2. The van der Waals surface area contributed by atoms with Crippen LogP contribution in [0, 0.1) is 11.3 Å². The van der Waals surface area contributed by atoms with Gasteiger partial charge < -0.3 is 24.8 Å². The number of anilines is 1. The number of ether oxygens (including phenoxy) is 1. The third kappa shape index (κ3) is 5.48. The number of nitrogens with zero attached hydrogens (tertiary/aromatic N) is 5. The van der Waals surface area contributed by atoms with E-state index in [0.717, 1.165) is 31.6 Å². The molecule has 160 valence electrons. The Bertz CT molecular complexity index is 889. The first-order valence-electron chi connectivity index (χ1n) is 10.3. The Morgan fingerprint density at radius 2 is 2.30 bits per heavy atom. The first-order valence-corrected chi connectivity index (χ1v) is 10.3. The quantitative estimate of drug-likeness (QED) is 0.528. The molecule has 2 atom stereocenters. The van der Waals surface area contributed by atoms with E-state index in [1.165, 1.54) is 0 Å². The summed E-state index contributed by atoms with van der Waals surface area (Å²) in [5.41, 5.74) is 1.69. The Balaban J connectivity index is 1.55. The van der Waals surface area contributed by atoms with Crippen LogP contribution in [-0.2, 0) is 11.3 Å². The van der Waals surface area contributed by atoms with Crippen LogP contribution in [0.3, 0.4) is 0 Å². The second kappa shape index (κ2) is 10.6. The summed E-state index contributed by atoms with van der Waals surface area (Å²) >= 11 is 0. The molecule has 0 aliphatic carbocycles. The van der Waals surface area contributed by atoms with Gasteiger partial charge in [-0.3, -0.25) is 4.99 Å². The van der Waals surface area contributed by atoms with Crippen LogP contribution in [0.1, 0.15) is 50.1 Å². The van der Waals surface area contributed by atoms with Crippen LogP contribution in [-0.4, -0.2) is 48.9 Å². The molecule has 0 bridgehead atoms. The highest BCUT2D eigenvalue weighted by atomic mass is 16.5. The first-order chi connectivity index (χ1) is 14.6. The summed E-state index contributed by atoms with van der Waals surface area (Å²) in [7, 11) is 1.73. The lowest BCUT2D eigenvalue weighted by Gasteiger charge is -2.35. The molecule has 1 aliphatic rings. The van der Waals surface area contributed by atoms with Crippen molar-refractivity contribution in [2.45, 2.75) is 45.4 Å². The van der Waals surface area contributed by atoms with E-state index in [1.54, 1.807) is 7.05 Å². The van der Waals surface area contributed by atoms with Gasteiger partial charge in [-0.15, -0.1) is 0 Å². The van der Waals surface area contributed by atoms with Crippen LogP contribution >= 0.6 is 0 Å². The number of hydrogen-bond acceptors (Lipinski definition) is 7. The van der Waals surface area contributed by atoms with Gasteiger partial charge in [-0.2, -0.15) is 10.2 Å². The average Bonchev–Trinajstić information content (AvgIpc) is 3.26. The number of benzene rings is 1. The molecule has 0 spiro atoms. The van der Waals surface area contributed by atoms with Crippen molar-refractivity contribution in [3.63, 3.8) is 0 Å². The fraction of sp³-hybridized carbons (Fsp3) is 0.524. The van der Waals surface area contributed by atoms with Crippen molar-refractivity contribution in [2.24, 2.45) is 4.99 Å². The van der Waals surface area contributed by atoms with E-state index in [1.807, 2.05) is 38.1 Å². The maximum Gasteiger partial charge on any atom is 0.246 e. The van der Waals surface area contributed by atoms with Crippen molar-refractivity contribution in [1.82, 2.24) is 20.8 Å². The molecule has 2 N–H and O–H groups in total. The lowest BCUT2D eigenvalue weighted by molar-refractivity contribution is 0.0683. The van der Waals surface area contributed by atoms with Crippen LogP contribution in [0.25, 0.3) is 0 Å². The second-order valence-corrected chi connectivity index (χ2v) is 7.13. The smallest absolute Gasteiger partial charge is 0.246 e. The molecule has 30 heavy (non-hydrogen) atoms. The average molecular weight is 412 g/mol. The molecule has 2 unspecified atom stereocenters. The van der Waals surface area contributed by atoms with Crippen molar-refractivity contribution in [2.75, 3.05) is 31.6 Å². The van der Waals surface area contributed by atoms with Gasteiger partial charge in [0.15, 0.2) is 11.8 Å². The van der Waals surface area contributed by atoms with Gasteiger partial charge in [-0.25, -0.2) is 0 Å². The normalized spacial score (nSPS) is 18.0. The molecule has 1 aromatic heterocycles. The van der Waals surface area contributed by atoms with Gasteiger partial charge in [0.1, 0.15) is 12.2 Å². The SMILES string of the molecule is CCOC(C)c1noc(CNC(=NC)NC2CCCN(c3ccccc3C#N)C2)n1. The number of hydrogen-bond donors (Lipinski definition) is 2. The van der Waals surface area contributed by atoms with Gasteiger partial charge in [-0.05, 0) is 38.8 Å². The Labute approximate surface area is 177 Å². The Morgan fingerprint density at radius 3 is 3.07 bits per heavy atom. The van der Waals surface area contributed by atoms with E-state index in [0.29, 0.717) is 36.4 Å². The van der Waals surface area contributed by atoms with Crippen molar-refractivity contribution < 1.29 is 9.26 Å². The van der Waals surface area contributed by atoms with E-state index >= 15 is 0 Å². The van der Waals surface area contributed by atoms with Gasteiger partial charge in [0.2, 0.25) is 5.89 Å². The molecule has 9 heteroatoms. The molecular formula is C21H29N7O2. The molecule has 2 heterocycles. The Morgan fingerprint density at radius 1 is 1.47 bits per heavy atom. The van der Waals surface area contributed by atoms with E-state index in [4.69, 9.17) is 9.26 Å². The molecule has 2 aromatic rings. The molecule has 1 fully saturated rings. The number of para-hydroxylation sites is 1. The Hall–Kier alpha value is -3.12. The monoisotopic (exact) mass is 411 g/mol. The van der Waals surface area contributed by atoms with E-state index < -0.39 is 0 Å². The van der Waals surface area contributed by atoms with Crippen LogP contribution in [0.2, 0.25) is 0 Å². The highest BCUT2D eigenvalue weighted by Crippen LogP contribution is 2.23. The molecule has 1 aliphatic heterocycles. The zero-order valence-corrected chi connectivity index (χ0v) is 17.8. The summed E-state index contributed by atoms with van der Waals surface area (Å²) in [4.78, 5) is 10.9. The van der Waals surface area contributed by atoms with Crippen molar-refractivity contribution in [3.8, 4) is 6.07 Å². The minimum absolute atomic E-state index is 0.200. The van der Waals surface area contributed by atoms with Gasteiger partial charge in [0, 0.05) is 32.8 Å². The van der Waals surface area contributed by atoms with E-state index in [2.05, 4.69) is 36.7 Å². The molecule has 9 nitrogen and oxygen atoms in total. The fourth-order valence-electron chi connectivity index (χ4n) is 3.53. The van der Waals surface area contributed by atoms with Gasteiger partial charge in [0.05, 0.1) is 17.8 Å². The summed E-state index contributed by atoms with van der Waals surface area (Å²) in [6.07, 6.45) is 1.87. The highest BCUT2D eigenvalue weighted by Gasteiger charge is 2.23. The largest absolute Gasteiger partial charge is 0.371 e. The number of aliphatic imine (C=N–C) groups is 1. The standard InChI is InChI=1S/C21H29N7O2/c1-4-29-15(2)20-26-19(30-27-20)13-24-21(23-3)25-17-9-7-11-28(14-17)18-10-6-5-8-16(18)12-22/h5-6,8,10,15,17H,4,7,9,11,13-14H2,1-3H3,(H2,23,24,25). The van der Waals surface area contributed by atoms with Crippen molar-refractivity contribution >= 4 is 11.6 Å². The zero-order valence-electron chi connectivity index (χ0n) is 17.8. The highest BCUT2D eigenvalue weighted by molar-refractivity contribution is 5.80. The minimum atomic E-state index is -0.200. The molecule has 1 saturated heterocycles. The summed E-state index contributed by atoms with van der Waals surface area (Å²) < 4.78 is 10.8. The summed E-state index contributed by atoms with van der Waals surface area (Å²) in [5, 5.41) is 20.1. The topological polar surface area (TPSA) is 112 Å². The maximum atomic E-state index is 9.39. The van der Waals surface area contributed by atoms with E-state index in [9.17, 15) is 5.26 Å². The molecule has 0 radical (unpaired) electrons. The van der Waals surface area contributed by atoms with Crippen LogP contribution in [0.4, 0.5) is 5.69 Å². The van der Waals surface area contributed by atoms with Crippen LogP contribution < -0.4 is 15.5 Å². The molecule has 0 amide bonds. The molecular weight excluding hydrogens is 382 g/mol. The summed E-state index contributed by atoms with van der Waals surface area (Å²) in [6.45, 7) is 6.53. The lowest BCUT2D eigenvalue weighted by Crippen LogP contribution is -2.51. The summed E-state index contributed by atoms with van der Waals surface area (Å²) in [6, 6.07) is 10.2. The third-order valence-electron chi connectivity index (χ3n) is 5.02. The van der Waals surface area contributed by atoms with Crippen molar-refractivity contribution in [3.05, 3.63) is 41.5 Å². The number of nitriles is 1. The van der Waals surface area contributed by atoms with Crippen molar-refractivity contribution in [1.29, 1.82) is 5.26 Å². The summed E-state index contributed by atoms with van der Waals surface area (Å²) in [5.74, 6) is 1.69. The molecule has 3 rings (SSSR count). The zero-order chi connectivity index (χ0) is 21.3. The van der Waals surface area contributed by atoms with Gasteiger partial charge >= 0.3 is 0 Å². The number of piperidine rings is 1. The number of rotatable bonds is 7. The lowest BCUT2D eigenvalue weighted by atomic mass is 10.0. The predicted octanol–water partition coefficient (Wildman–Crippen LogP) is 2.37. The molecule has 0 saturated carbocycles. The van der Waals surface area contributed by atoms with Crippen LogP contribution in [0.15, 0.2) is 33.8 Å². The maximum absolute atomic E-state index is 9.39. The predicted molar refractivity (Wildman–Crippen MR) is 114 cm³/mol. The van der Waals surface area contributed by atoms with Gasteiger partial charge in [-0.1, -0.05) is 17.3 Å². The van der Waals surface area contributed by atoms with Gasteiger partial charge in [0.25, 0.3) is 0 Å². The molecule has 1 aromatic carbocycles. The number of guanidine groups is 1. The first kappa shape index (κ1) is 21.6. The Kier molecular flexibility index (Phi) is 7.63. The van der Waals surface area contributed by atoms with E-state index in [-0.39, 0.29) is 12.1 Å². The fourth-order valence-corrected chi connectivity index (χ4v) is 3.53. The van der Waals surface area contributed by atoms with Crippen LogP contribution in [0.5, 0.6) is 0 Å².